The molecule has 4 aliphatic rings. The Balaban J connectivity index is 1.55. The summed E-state index contributed by atoms with van der Waals surface area (Å²) in [5.41, 5.74) is 5.25. The smallest absolute Gasteiger partial charge is 0.240 e. The summed E-state index contributed by atoms with van der Waals surface area (Å²) in [7, 11) is 0. The van der Waals surface area contributed by atoms with Crippen molar-refractivity contribution < 1.29 is 22.8 Å². The zero-order valence-corrected chi connectivity index (χ0v) is 20.7. The van der Waals surface area contributed by atoms with Crippen molar-refractivity contribution in [3.05, 3.63) is 69.4 Å². The van der Waals surface area contributed by atoms with Gasteiger partial charge in [-0.25, -0.2) is 13.2 Å². The van der Waals surface area contributed by atoms with Crippen LogP contribution in [0.5, 0.6) is 0 Å². The zero-order chi connectivity index (χ0) is 24.9. The minimum atomic E-state index is -1.32. The van der Waals surface area contributed by atoms with E-state index in [1.54, 1.807) is 4.90 Å². The fourth-order valence-corrected chi connectivity index (χ4v) is 6.08. The first-order chi connectivity index (χ1) is 16.7. The van der Waals surface area contributed by atoms with Crippen LogP contribution >= 0.6 is 15.9 Å². The van der Waals surface area contributed by atoms with E-state index in [1.807, 2.05) is 24.3 Å². The number of primary amides is 1. The van der Waals surface area contributed by atoms with Crippen molar-refractivity contribution in [3.8, 4) is 0 Å². The summed E-state index contributed by atoms with van der Waals surface area (Å²) < 4.78 is 43.5. The van der Waals surface area contributed by atoms with Gasteiger partial charge >= 0.3 is 0 Å². The van der Waals surface area contributed by atoms with E-state index in [-0.39, 0.29) is 23.9 Å². The second-order valence-electron chi connectivity index (χ2n) is 9.99. The Morgan fingerprint density at radius 3 is 2.23 bits per heavy atom. The van der Waals surface area contributed by atoms with Crippen LogP contribution in [0.15, 0.2) is 40.9 Å². The molecule has 35 heavy (non-hydrogen) atoms. The van der Waals surface area contributed by atoms with Crippen molar-refractivity contribution in [2.75, 3.05) is 19.6 Å². The summed E-state index contributed by atoms with van der Waals surface area (Å²) in [5, 5.41) is 0. The monoisotopic (exact) mass is 549 g/mol. The van der Waals surface area contributed by atoms with E-state index in [0.717, 1.165) is 42.0 Å². The molecule has 6 rings (SSSR count). The van der Waals surface area contributed by atoms with Crippen LogP contribution in [0.3, 0.4) is 0 Å². The van der Waals surface area contributed by atoms with Gasteiger partial charge in [0.05, 0.1) is 5.41 Å². The Kier molecular flexibility index (Phi) is 6.42. The van der Waals surface area contributed by atoms with Gasteiger partial charge < -0.3 is 15.5 Å². The largest absolute Gasteiger partial charge is 0.368 e. The summed E-state index contributed by atoms with van der Waals surface area (Å²) in [6.07, 6.45) is 2.60. The van der Waals surface area contributed by atoms with Gasteiger partial charge in [-0.3, -0.25) is 9.59 Å². The normalized spacial score (nSPS) is 25.2. The Hall–Kier alpha value is -2.39. The molecule has 2 aromatic rings. The van der Waals surface area contributed by atoms with Crippen molar-refractivity contribution in [1.29, 1.82) is 0 Å². The van der Waals surface area contributed by atoms with E-state index < -0.39 is 40.7 Å². The molecule has 2 N–H and O–H groups in total. The third-order valence-corrected chi connectivity index (χ3v) is 8.43. The lowest BCUT2D eigenvalue weighted by molar-refractivity contribution is -0.149. The average molecular weight is 550 g/mol. The molecule has 0 radical (unpaired) electrons. The average Bonchev–Trinajstić information content (AvgIpc) is 3.65. The first kappa shape index (κ1) is 24.3. The lowest BCUT2D eigenvalue weighted by atomic mass is 9.80. The highest BCUT2D eigenvalue weighted by molar-refractivity contribution is 9.10. The third-order valence-electron chi connectivity index (χ3n) is 7.90. The van der Waals surface area contributed by atoms with Gasteiger partial charge in [-0.1, -0.05) is 28.1 Å². The summed E-state index contributed by atoms with van der Waals surface area (Å²) in [4.78, 5) is 30.9. The fraction of sp³-hybridized carbons (Fsp3) is 0.462. The number of piperidine rings is 3. The van der Waals surface area contributed by atoms with Crippen LogP contribution in [0.4, 0.5) is 13.2 Å². The molecule has 4 fully saturated rings. The fourth-order valence-electron chi connectivity index (χ4n) is 5.81. The second kappa shape index (κ2) is 9.24. The predicted molar refractivity (Wildman–Crippen MR) is 128 cm³/mol. The summed E-state index contributed by atoms with van der Waals surface area (Å²) >= 11 is 3.40. The molecule has 0 spiro atoms. The Bertz CT molecular complexity index is 1150. The van der Waals surface area contributed by atoms with E-state index in [2.05, 4.69) is 20.8 Å². The number of nitrogens with two attached hydrogens (primary N) is 1. The van der Waals surface area contributed by atoms with Crippen molar-refractivity contribution in [2.45, 2.75) is 49.6 Å². The number of fused-ring (bicyclic) bond motifs is 3. The molecule has 5 nitrogen and oxygen atoms in total. The van der Waals surface area contributed by atoms with Gasteiger partial charge in [0, 0.05) is 35.1 Å². The number of carbonyl (C=O) groups is 2. The lowest BCUT2D eigenvalue weighted by Crippen LogP contribution is -2.65. The quantitative estimate of drug-likeness (QED) is 0.532. The Labute approximate surface area is 210 Å². The molecule has 1 aliphatic carbocycles. The SMILES string of the molecule is NC(=O)[C@H](Cc1ccc(Br)cc1)N(C(=O)C1(c2cc(F)c(F)cc2F)CC1)[C@@H]1CN2CCC1CC2. The van der Waals surface area contributed by atoms with Gasteiger partial charge in [0.25, 0.3) is 0 Å². The molecule has 0 unspecified atom stereocenters. The minimum Gasteiger partial charge on any atom is -0.368 e. The third kappa shape index (κ3) is 4.48. The van der Waals surface area contributed by atoms with Gasteiger partial charge in [-0.2, -0.15) is 0 Å². The number of halogens is 4. The highest BCUT2D eigenvalue weighted by atomic mass is 79.9. The van der Waals surface area contributed by atoms with Crippen molar-refractivity contribution in [2.24, 2.45) is 11.7 Å². The van der Waals surface area contributed by atoms with Crippen LogP contribution in [-0.2, 0) is 21.4 Å². The molecule has 2 aromatic carbocycles. The first-order valence-electron chi connectivity index (χ1n) is 11.9. The number of carbonyl (C=O) groups excluding carboxylic acids is 2. The molecular formula is C26H27BrF3N3O2. The summed E-state index contributed by atoms with van der Waals surface area (Å²) in [6.45, 7) is 2.47. The van der Waals surface area contributed by atoms with Gasteiger partial charge in [-0.05, 0) is 68.5 Å². The molecule has 2 atom stereocenters. The van der Waals surface area contributed by atoms with Crippen LogP contribution in [-0.4, -0.2) is 53.3 Å². The zero-order valence-electron chi connectivity index (χ0n) is 19.2. The first-order valence-corrected chi connectivity index (χ1v) is 12.7. The summed E-state index contributed by atoms with van der Waals surface area (Å²) in [5.74, 6) is -4.32. The number of benzene rings is 2. The lowest BCUT2D eigenvalue weighted by Gasteiger charge is -2.51. The Morgan fingerprint density at radius 2 is 1.69 bits per heavy atom. The van der Waals surface area contributed by atoms with Crippen molar-refractivity contribution in [3.63, 3.8) is 0 Å². The van der Waals surface area contributed by atoms with Crippen LogP contribution in [0.2, 0.25) is 0 Å². The molecule has 3 heterocycles. The maximum Gasteiger partial charge on any atom is 0.240 e. The maximum atomic E-state index is 14.8. The van der Waals surface area contributed by atoms with Gasteiger partial charge in [0.15, 0.2) is 11.6 Å². The van der Waals surface area contributed by atoms with Gasteiger partial charge in [0.1, 0.15) is 11.9 Å². The number of hydrogen-bond acceptors (Lipinski definition) is 3. The molecule has 9 heteroatoms. The van der Waals surface area contributed by atoms with Crippen LogP contribution in [0.25, 0.3) is 0 Å². The highest BCUT2D eigenvalue weighted by Gasteiger charge is 2.58. The van der Waals surface area contributed by atoms with E-state index in [9.17, 15) is 22.8 Å². The molecule has 186 valence electrons. The molecule has 2 amide bonds. The maximum absolute atomic E-state index is 14.8. The molecule has 3 saturated heterocycles. The van der Waals surface area contributed by atoms with E-state index in [0.29, 0.717) is 25.5 Å². The van der Waals surface area contributed by atoms with Crippen molar-refractivity contribution >= 4 is 27.7 Å². The van der Waals surface area contributed by atoms with Gasteiger partial charge in [-0.15, -0.1) is 0 Å². The molecule has 2 bridgehead atoms. The van der Waals surface area contributed by atoms with Gasteiger partial charge in [0.2, 0.25) is 11.8 Å². The molecule has 0 aromatic heterocycles. The van der Waals surface area contributed by atoms with Crippen LogP contribution in [0.1, 0.15) is 36.8 Å². The standard InChI is InChI=1S/C26H27BrF3N3O2/c27-17-3-1-15(2-4-17)11-22(24(31)34)33(23-14-32-9-5-16(23)6-10-32)25(35)26(7-8-26)18-12-20(29)21(30)13-19(18)28/h1-4,12-13,16,22-23H,5-11,14H2,(H2,31,34)/t22-,23+/m0/s1. The minimum absolute atomic E-state index is 0.153. The van der Waals surface area contributed by atoms with Crippen LogP contribution in [0, 0.1) is 23.4 Å². The topological polar surface area (TPSA) is 66.6 Å². The summed E-state index contributed by atoms with van der Waals surface area (Å²) in [6, 6.07) is 7.51. The molecule has 3 aliphatic heterocycles. The van der Waals surface area contributed by atoms with E-state index >= 15 is 0 Å². The van der Waals surface area contributed by atoms with Crippen molar-refractivity contribution in [1.82, 2.24) is 9.80 Å². The number of nitrogens with zero attached hydrogens (tertiary/aromatic N) is 2. The Morgan fingerprint density at radius 1 is 1.06 bits per heavy atom. The molecular weight excluding hydrogens is 523 g/mol. The predicted octanol–water partition coefficient (Wildman–Crippen LogP) is 3.92. The number of amides is 2. The van der Waals surface area contributed by atoms with E-state index in [1.165, 1.54) is 0 Å². The molecule has 1 saturated carbocycles. The number of hydrogen-bond donors (Lipinski definition) is 1. The second-order valence-corrected chi connectivity index (χ2v) is 10.9. The van der Waals surface area contributed by atoms with Crippen LogP contribution < -0.4 is 5.73 Å². The highest BCUT2D eigenvalue weighted by Crippen LogP contribution is 2.52. The van der Waals surface area contributed by atoms with E-state index in [4.69, 9.17) is 5.73 Å². The number of rotatable bonds is 7.